The van der Waals surface area contributed by atoms with Gasteiger partial charge >= 0.3 is 0 Å². The molecular formula is C15H21N3O. The van der Waals surface area contributed by atoms with Crippen LogP contribution in [0.15, 0.2) is 24.3 Å². The molecule has 1 rings (SSSR count). The number of nitrogens with two attached hydrogens (primary N) is 1. The monoisotopic (exact) mass is 259 g/mol. The second-order valence-corrected chi connectivity index (χ2v) is 4.63. The van der Waals surface area contributed by atoms with Crippen LogP contribution in [-0.4, -0.2) is 12.5 Å². The smallest absolute Gasteiger partial charge is 0.224 e. The van der Waals surface area contributed by atoms with Gasteiger partial charge < -0.3 is 11.1 Å². The van der Waals surface area contributed by atoms with E-state index in [0.717, 1.165) is 24.9 Å². The molecule has 0 aliphatic rings. The lowest BCUT2D eigenvalue weighted by Crippen LogP contribution is -2.15. The van der Waals surface area contributed by atoms with Gasteiger partial charge in [-0.2, -0.15) is 5.26 Å². The third-order valence-corrected chi connectivity index (χ3v) is 3.23. The van der Waals surface area contributed by atoms with Crippen LogP contribution in [0, 0.1) is 17.2 Å². The molecule has 0 saturated carbocycles. The summed E-state index contributed by atoms with van der Waals surface area (Å²) in [6.07, 6.45) is 3.41. The predicted octanol–water partition coefficient (Wildman–Crippen LogP) is 2.65. The molecule has 1 atom stereocenters. The molecular weight excluding hydrogens is 238 g/mol. The summed E-state index contributed by atoms with van der Waals surface area (Å²) in [4.78, 5) is 11.8. The Bertz CT molecular complexity index is 434. The van der Waals surface area contributed by atoms with E-state index >= 15 is 0 Å². The highest BCUT2D eigenvalue weighted by atomic mass is 16.1. The van der Waals surface area contributed by atoms with E-state index in [2.05, 4.69) is 12.2 Å². The van der Waals surface area contributed by atoms with Crippen molar-refractivity contribution in [2.75, 3.05) is 11.9 Å². The molecule has 102 valence electrons. The van der Waals surface area contributed by atoms with Gasteiger partial charge in [0, 0.05) is 12.1 Å². The van der Waals surface area contributed by atoms with Gasteiger partial charge in [-0.15, -0.1) is 0 Å². The number of hydrogen-bond acceptors (Lipinski definition) is 3. The number of carbonyl (C=O) groups excluding carboxylic acids is 1. The summed E-state index contributed by atoms with van der Waals surface area (Å²) >= 11 is 0. The summed E-state index contributed by atoms with van der Waals surface area (Å²) < 4.78 is 0. The largest absolute Gasteiger partial charge is 0.330 e. The number of nitriles is 1. The van der Waals surface area contributed by atoms with Gasteiger partial charge in [-0.3, -0.25) is 4.79 Å². The van der Waals surface area contributed by atoms with Gasteiger partial charge in [0.2, 0.25) is 5.91 Å². The molecule has 0 radical (unpaired) electrons. The first-order chi connectivity index (χ1) is 9.19. The van der Waals surface area contributed by atoms with E-state index < -0.39 is 0 Å². The Morgan fingerprint density at radius 2 is 2.05 bits per heavy atom. The number of nitrogens with zero attached hydrogens (tertiary/aromatic N) is 1. The third-order valence-electron chi connectivity index (χ3n) is 3.23. The van der Waals surface area contributed by atoms with Crippen molar-refractivity contribution in [3.8, 4) is 6.07 Å². The fourth-order valence-electron chi connectivity index (χ4n) is 1.98. The molecule has 3 N–H and O–H groups in total. The minimum atomic E-state index is 0.0141. The Morgan fingerprint density at radius 1 is 1.37 bits per heavy atom. The maximum Gasteiger partial charge on any atom is 0.224 e. The minimum Gasteiger partial charge on any atom is -0.330 e. The van der Waals surface area contributed by atoms with Crippen LogP contribution in [0.1, 0.15) is 38.2 Å². The zero-order chi connectivity index (χ0) is 14.1. The van der Waals surface area contributed by atoms with Crippen LogP contribution in [0.2, 0.25) is 0 Å². The van der Waals surface area contributed by atoms with E-state index in [0.29, 0.717) is 24.4 Å². The number of anilines is 1. The van der Waals surface area contributed by atoms with Gasteiger partial charge in [0.25, 0.3) is 0 Å². The van der Waals surface area contributed by atoms with Crippen molar-refractivity contribution in [2.45, 2.75) is 32.6 Å². The summed E-state index contributed by atoms with van der Waals surface area (Å²) in [5.74, 6) is 0.539. The maximum absolute atomic E-state index is 11.8. The molecule has 1 aromatic carbocycles. The average molecular weight is 259 g/mol. The third kappa shape index (κ3) is 5.54. The Balaban J connectivity index is 2.40. The Labute approximate surface area is 114 Å². The van der Waals surface area contributed by atoms with Gasteiger partial charge in [-0.1, -0.05) is 13.3 Å². The highest BCUT2D eigenvalue weighted by molar-refractivity contribution is 5.90. The molecule has 0 spiro atoms. The Hall–Kier alpha value is -1.86. The zero-order valence-corrected chi connectivity index (χ0v) is 11.4. The van der Waals surface area contributed by atoms with Gasteiger partial charge in [0.15, 0.2) is 0 Å². The zero-order valence-electron chi connectivity index (χ0n) is 11.4. The number of rotatable bonds is 7. The van der Waals surface area contributed by atoms with Crippen molar-refractivity contribution in [3.63, 3.8) is 0 Å². The quantitative estimate of drug-likeness (QED) is 0.790. The first-order valence-electron chi connectivity index (χ1n) is 6.69. The first kappa shape index (κ1) is 15.2. The summed E-state index contributed by atoms with van der Waals surface area (Å²) in [5, 5.41) is 11.5. The van der Waals surface area contributed by atoms with Crippen LogP contribution in [0.3, 0.4) is 0 Å². The number of hydrogen-bond donors (Lipinski definition) is 2. The van der Waals surface area contributed by atoms with Crippen LogP contribution < -0.4 is 11.1 Å². The lowest BCUT2D eigenvalue weighted by Gasteiger charge is -2.13. The van der Waals surface area contributed by atoms with Crippen LogP contribution in [-0.2, 0) is 4.79 Å². The predicted molar refractivity (Wildman–Crippen MR) is 76.5 cm³/mol. The van der Waals surface area contributed by atoms with Crippen LogP contribution in [0.25, 0.3) is 0 Å². The van der Waals surface area contributed by atoms with Crippen LogP contribution >= 0.6 is 0 Å². The van der Waals surface area contributed by atoms with E-state index in [1.165, 1.54) is 0 Å². The van der Waals surface area contributed by atoms with E-state index in [-0.39, 0.29) is 5.91 Å². The second-order valence-electron chi connectivity index (χ2n) is 4.63. The molecule has 0 heterocycles. The molecule has 0 bridgehead atoms. The number of nitrogens with one attached hydrogen (secondary N) is 1. The summed E-state index contributed by atoms with van der Waals surface area (Å²) in [7, 11) is 0. The molecule has 0 aliphatic carbocycles. The fourth-order valence-corrected chi connectivity index (χ4v) is 1.98. The summed E-state index contributed by atoms with van der Waals surface area (Å²) in [6, 6.07) is 8.92. The fraction of sp³-hybridized carbons (Fsp3) is 0.467. The Morgan fingerprint density at radius 3 is 2.58 bits per heavy atom. The molecule has 1 amide bonds. The van der Waals surface area contributed by atoms with Gasteiger partial charge in [0.1, 0.15) is 0 Å². The van der Waals surface area contributed by atoms with Crippen molar-refractivity contribution in [2.24, 2.45) is 11.7 Å². The number of carbonyl (C=O) groups is 1. The highest BCUT2D eigenvalue weighted by Gasteiger charge is 2.09. The molecule has 0 saturated heterocycles. The number of amides is 1. The normalized spacial score (nSPS) is 11.6. The molecule has 4 heteroatoms. The van der Waals surface area contributed by atoms with Crippen LogP contribution in [0.5, 0.6) is 0 Å². The standard InChI is InChI=1S/C15H21N3O/c1-2-12(9-10-16)5-8-15(19)18-14-6-3-13(11-17)4-7-14/h3-4,6-7,12H,2,5,8-10,16H2,1H3,(H,18,19). The van der Waals surface area contributed by atoms with Gasteiger partial charge in [-0.05, 0) is 49.6 Å². The van der Waals surface area contributed by atoms with E-state index in [9.17, 15) is 4.79 Å². The average Bonchev–Trinajstić information content (AvgIpc) is 2.44. The highest BCUT2D eigenvalue weighted by Crippen LogP contribution is 2.15. The van der Waals surface area contributed by atoms with Gasteiger partial charge in [0.05, 0.1) is 11.6 Å². The summed E-state index contributed by atoms with van der Waals surface area (Å²) in [5.41, 5.74) is 6.86. The van der Waals surface area contributed by atoms with E-state index in [1.807, 2.05) is 6.07 Å². The number of benzene rings is 1. The molecule has 0 fully saturated rings. The van der Waals surface area contributed by atoms with Crippen molar-refractivity contribution in [3.05, 3.63) is 29.8 Å². The molecule has 4 nitrogen and oxygen atoms in total. The second kappa shape index (κ2) is 8.28. The minimum absolute atomic E-state index is 0.0141. The molecule has 0 aromatic heterocycles. The molecule has 1 aromatic rings. The first-order valence-corrected chi connectivity index (χ1v) is 6.69. The van der Waals surface area contributed by atoms with Crippen molar-refractivity contribution in [1.82, 2.24) is 0 Å². The van der Waals surface area contributed by atoms with E-state index in [1.54, 1.807) is 24.3 Å². The molecule has 19 heavy (non-hydrogen) atoms. The van der Waals surface area contributed by atoms with Gasteiger partial charge in [-0.25, -0.2) is 0 Å². The van der Waals surface area contributed by atoms with E-state index in [4.69, 9.17) is 11.0 Å². The lowest BCUT2D eigenvalue weighted by molar-refractivity contribution is -0.116. The van der Waals surface area contributed by atoms with Crippen molar-refractivity contribution in [1.29, 1.82) is 5.26 Å². The Kier molecular flexibility index (Phi) is 6.62. The molecule has 0 aliphatic heterocycles. The van der Waals surface area contributed by atoms with Crippen molar-refractivity contribution >= 4 is 11.6 Å². The maximum atomic E-state index is 11.8. The van der Waals surface area contributed by atoms with Crippen LogP contribution in [0.4, 0.5) is 5.69 Å². The lowest BCUT2D eigenvalue weighted by atomic mass is 9.96. The SMILES string of the molecule is CCC(CCN)CCC(=O)Nc1ccc(C#N)cc1. The summed E-state index contributed by atoms with van der Waals surface area (Å²) in [6.45, 7) is 2.80. The molecule has 1 unspecified atom stereocenters. The van der Waals surface area contributed by atoms with Crippen molar-refractivity contribution < 1.29 is 4.79 Å². The topological polar surface area (TPSA) is 78.9 Å².